The summed E-state index contributed by atoms with van der Waals surface area (Å²) in [6, 6.07) is 4.95. The smallest absolute Gasteiger partial charge is 0.227 e. The molecule has 2 aliphatic rings. The molecule has 0 bridgehead atoms. The number of hydrogen-bond donors (Lipinski definition) is 2. The summed E-state index contributed by atoms with van der Waals surface area (Å²) >= 11 is 0. The second-order valence-corrected chi connectivity index (χ2v) is 10.8. The first-order chi connectivity index (χ1) is 15.9. The number of H-pyrrole nitrogens is 1. The number of imidazole rings is 1. The molecule has 0 spiro atoms. The zero-order valence-electron chi connectivity index (χ0n) is 19.7. The zero-order chi connectivity index (χ0) is 23.0. The Morgan fingerprint density at radius 3 is 2.73 bits per heavy atom. The van der Waals surface area contributed by atoms with Crippen LogP contribution in [-0.4, -0.2) is 31.5 Å². The average Bonchev–Trinajstić information content (AvgIpc) is 3.40. The van der Waals surface area contributed by atoms with Crippen molar-refractivity contribution < 1.29 is 4.79 Å². The summed E-state index contributed by atoms with van der Waals surface area (Å²) in [5, 5.41) is 13.4. The molecule has 5 rings (SSSR count). The topological polar surface area (TPSA) is 99.4 Å². The Morgan fingerprint density at radius 1 is 1.24 bits per heavy atom. The van der Waals surface area contributed by atoms with Gasteiger partial charge in [-0.1, -0.05) is 13.8 Å². The number of carbonyl (C=O) groups is 1. The van der Waals surface area contributed by atoms with Crippen molar-refractivity contribution in [3.05, 3.63) is 24.3 Å². The number of nitrogens with zero attached hydrogens (tertiary/aromatic N) is 4. The highest BCUT2D eigenvalue weighted by atomic mass is 16.1. The fraction of sp³-hybridized carbons (Fsp3) is 0.615. The molecule has 7 heteroatoms. The Balaban J connectivity index is 1.41. The number of nitrogens with one attached hydrogen (secondary N) is 2. The van der Waals surface area contributed by atoms with Crippen molar-refractivity contribution in [3.63, 3.8) is 0 Å². The Kier molecular flexibility index (Phi) is 5.86. The first-order valence-corrected chi connectivity index (χ1v) is 12.4. The zero-order valence-corrected chi connectivity index (χ0v) is 19.7. The van der Waals surface area contributed by atoms with Crippen molar-refractivity contribution in [2.45, 2.75) is 90.1 Å². The van der Waals surface area contributed by atoms with Gasteiger partial charge in [0, 0.05) is 30.1 Å². The number of aromatic amines is 1. The SMILES string of the molecule is CC1(C)CCC(NC(=O)Cc2nc3cnc4[nH]ccc4c3n2C2CCC(CC#N)CC2)CC1. The number of nitriles is 1. The van der Waals surface area contributed by atoms with E-state index in [1.807, 2.05) is 12.4 Å². The van der Waals surface area contributed by atoms with E-state index in [1.165, 1.54) is 0 Å². The van der Waals surface area contributed by atoms with Crippen molar-refractivity contribution in [2.75, 3.05) is 0 Å². The van der Waals surface area contributed by atoms with Gasteiger partial charge in [-0.2, -0.15) is 5.26 Å². The third kappa shape index (κ3) is 4.48. The van der Waals surface area contributed by atoms with Crippen LogP contribution in [0, 0.1) is 22.7 Å². The number of rotatable bonds is 5. The van der Waals surface area contributed by atoms with E-state index >= 15 is 0 Å². The molecule has 0 unspecified atom stereocenters. The molecule has 33 heavy (non-hydrogen) atoms. The lowest BCUT2D eigenvalue weighted by atomic mass is 9.75. The van der Waals surface area contributed by atoms with Crippen molar-refractivity contribution in [3.8, 4) is 6.07 Å². The second kappa shape index (κ2) is 8.81. The fourth-order valence-corrected chi connectivity index (χ4v) is 5.86. The maximum Gasteiger partial charge on any atom is 0.227 e. The first kappa shape index (κ1) is 21.9. The van der Waals surface area contributed by atoms with Crippen LogP contribution in [0.4, 0.5) is 0 Å². The van der Waals surface area contributed by atoms with Gasteiger partial charge >= 0.3 is 0 Å². The second-order valence-electron chi connectivity index (χ2n) is 10.8. The molecule has 0 atom stereocenters. The van der Waals surface area contributed by atoms with E-state index in [-0.39, 0.29) is 11.9 Å². The monoisotopic (exact) mass is 446 g/mol. The quantitative estimate of drug-likeness (QED) is 0.564. The van der Waals surface area contributed by atoms with Gasteiger partial charge in [0.25, 0.3) is 0 Å². The molecule has 3 heterocycles. The van der Waals surface area contributed by atoms with E-state index in [9.17, 15) is 4.79 Å². The van der Waals surface area contributed by atoms with E-state index < -0.39 is 0 Å². The van der Waals surface area contributed by atoms with Crippen LogP contribution in [0.1, 0.15) is 83.5 Å². The minimum Gasteiger partial charge on any atom is -0.353 e. The Bertz CT molecular complexity index is 1180. The van der Waals surface area contributed by atoms with Crippen LogP contribution < -0.4 is 5.32 Å². The third-order valence-corrected chi connectivity index (χ3v) is 7.89. The number of hydrogen-bond acceptors (Lipinski definition) is 4. The summed E-state index contributed by atoms with van der Waals surface area (Å²) in [4.78, 5) is 25.7. The maximum atomic E-state index is 13.1. The van der Waals surface area contributed by atoms with Crippen LogP contribution in [-0.2, 0) is 11.2 Å². The molecule has 3 aromatic rings. The van der Waals surface area contributed by atoms with Crippen molar-refractivity contribution in [1.29, 1.82) is 5.26 Å². The molecular formula is C26H34N6O. The molecular weight excluding hydrogens is 412 g/mol. The van der Waals surface area contributed by atoms with Crippen molar-refractivity contribution >= 4 is 28.0 Å². The molecule has 174 valence electrons. The van der Waals surface area contributed by atoms with Crippen LogP contribution in [0.25, 0.3) is 22.1 Å². The van der Waals surface area contributed by atoms with Gasteiger partial charge in [-0.3, -0.25) is 4.79 Å². The third-order valence-electron chi connectivity index (χ3n) is 7.89. The summed E-state index contributed by atoms with van der Waals surface area (Å²) in [6.45, 7) is 4.63. The summed E-state index contributed by atoms with van der Waals surface area (Å²) in [6.07, 6.45) is 13.2. The van der Waals surface area contributed by atoms with Crippen molar-refractivity contribution in [2.24, 2.45) is 11.3 Å². The van der Waals surface area contributed by atoms with E-state index in [4.69, 9.17) is 10.2 Å². The first-order valence-electron chi connectivity index (χ1n) is 12.4. The standard InChI is InChI=1S/C26H34N6O/c1-26(2)11-7-18(8-12-26)30-23(33)15-22-31-21-16-29-25-20(10-14-28-25)24(21)32(22)19-5-3-17(4-6-19)9-13-27/h10,14,16-19H,3-9,11-12,15H2,1-2H3,(H,28,29)(H,30,33). The van der Waals surface area contributed by atoms with E-state index in [0.29, 0.717) is 30.2 Å². The highest BCUT2D eigenvalue weighted by Gasteiger charge is 2.30. The largest absolute Gasteiger partial charge is 0.353 e. The lowest BCUT2D eigenvalue weighted by Gasteiger charge is -2.34. The lowest BCUT2D eigenvalue weighted by Crippen LogP contribution is -2.40. The predicted octanol–water partition coefficient (Wildman–Crippen LogP) is 5.19. The van der Waals surface area contributed by atoms with Gasteiger partial charge in [0.15, 0.2) is 0 Å². The molecule has 0 radical (unpaired) electrons. The molecule has 2 saturated carbocycles. The number of fused-ring (bicyclic) bond motifs is 3. The molecule has 1 amide bonds. The molecule has 2 N–H and O–H groups in total. The van der Waals surface area contributed by atoms with Gasteiger partial charge in [-0.05, 0) is 68.8 Å². The average molecular weight is 447 g/mol. The Labute approximate surface area is 195 Å². The minimum atomic E-state index is 0.0627. The van der Waals surface area contributed by atoms with Gasteiger partial charge in [0.1, 0.15) is 17.0 Å². The molecule has 2 aliphatic carbocycles. The Morgan fingerprint density at radius 2 is 2.00 bits per heavy atom. The van der Waals surface area contributed by atoms with E-state index in [2.05, 4.69) is 45.8 Å². The minimum absolute atomic E-state index is 0.0627. The summed E-state index contributed by atoms with van der Waals surface area (Å²) < 4.78 is 2.32. The highest BCUT2D eigenvalue weighted by molar-refractivity contribution is 6.01. The summed E-state index contributed by atoms with van der Waals surface area (Å²) in [5.41, 5.74) is 3.16. The number of pyridine rings is 1. The maximum absolute atomic E-state index is 13.1. The molecule has 2 fully saturated rings. The molecule has 0 aliphatic heterocycles. The number of aromatic nitrogens is 4. The van der Waals surface area contributed by atoms with Crippen LogP contribution in [0.3, 0.4) is 0 Å². The fourth-order valence-electron chi connectivity index (χ4n) is 5.86. The van der Waals surface area contributed by atoms with Crippen LogP contribution in [0.2, 0.25) is 0 Å². The van der Waals surface area contributed by atoms with E-state index in [0.717, 1.165) is 79.3 Å². The molecule has 0 saturated heterocycles. The number of carbonyl (C=O) groups excluding carboxylic acids is 1. The van der Waals surface area contributed by atoms with Gasteiger partial charge in [0.2, 0.25) is 5.91 Å². The Hall–Kier alpha value is -2.88. The van der Waals surface area contributed by atoms with Crippen LogP contribution in [0.5, 0.6) is 0 Å². The van der Waals surface area contributed by atoms with Gasteiger partial charge in [-0.25, -0.2) is 9.97 Å². The van der Waals surface area contributed by atoms with Gasteiger partial charge in [-0.15, -0.1) is 0 Å². The predicted molar refractivity (Wildman–Crippen MR) is 128 cm³/mol. The normalized spacial score (nSPS) is 23.5. The lowest BCUT2D eigenvalue weighted by molar-refractivity contribution is -0.121. The number of amides is 1. The molecule has 3 aromatic heterocycles. The summed E-state index contributed by atoms with van der Waals surface area (Å²) in [7, 11) is 0. The van der Waals surface area contributed by atoms with Crippen molar-refractivity contribution in [1.82, 2.24) is 24.8 Å². The van der Waals surface area contributed by atoms with Gasteiger partial charge in [0.05, 0.1) is 24.2 Å². The summed E-state index contributed by atoms with van der Waals surface area (Å²) in [5.74, 6) is 1.38. The molecule has 7 nitrogen and oxygen atoms in total. The molecule has 0 aromatic carbocycles. The van der Waals surface area contributed by atoms with Crippen LogP contribution >= 0.6 is 0 Å². The van der Waals surface area contributed by atoms with Gasteiger partial charge < -0.3 is 14.9 Å². The highest BCUT2D eigenvalue weighted by Crippen LogP contribution is 2.38. The van der Waals surface area contributed by atoms with Crippen LogP contribution in [0.15, 0.2) is 18.5 Å². The van der Waals surface area contributed by atoms with E-state index in [1.54, 1.807) is 0 Å².